The second-order valence-corrected chi connectivity index (χ2v) is 5.13. The lowest BCUT2D eigenvalue weighted by molar-refractivity contribution is 0.680. The molecule has 0 aliphatic heterocycles. The molecule has 1 atom stereocenters. The normalized spacial score (nSPS) is 12.0. The fourth-order valence-electron chi connectivity index (χ4n) is 1.17. The van der Waals surface area contributed by atoms with Gasteiger partial charge in [0, 0.05) is 33.7 Å². The van der Waals surface area contributed by atoms with Crippen LogP contribution in [0.3, 0.4) is 0 Å². The zero-order valence-electron chi connectivity index (χ0n) is 8.28. The molecule has 80 valence electrons. The molecule has 0 radical (unpaired) electrons. The number of hydrogen-bond acceptors (Lipinski definition) is 2. The number of nitrogens with zero attached hydrogens (tertiary/aromatic N) is 1. The van der Waals surface area contributed by atoms with Crippen LogP contribution in [0, 0.1) is 11.3 Å². The van der Waals surface area contributed by atoms with E-state index >= 15 is 0 Å². The Bertz CT molecular complexity index is 386. The van der Waals surface area contributed by atoms with Gasteiger partial charge in [-0.15, -0.1) is 0 Å². The number of unbranched alkanes of at least 4 members (excludes halogenated alkanes) is 1. The number of benzene rings is 1. The molecule has 0 bridgehead atoms. The molecular weight excluding hydrogens is 230 g/mol. The maximum Gasteiger partial charge on any atom is 0.0622 e. The molecule has 0 N–H and O–H groups in total. The quantitative estimate of drug-likeness (QED) is 0.744. The molecular formula is C11H12ClNOS. The summed E-state index contributed by atoms with van der Waals surface area (Å²) in [7, 11) is -0.918. The number of halogens is 1. The first-order valence-corrected chi connectivity index (χ1v) is 6.56. The maximum atomic E-state index is 11.6. The van der Waals surface area contributed by atoms with E-state index < -0.39 is 10.8 Å². The van der Waals surface area contributed by atoms with Crippen molar-refractivity contribution in [2.45, 2.75) is 18.6 Å². The second-order valence-electron chi connectivity index (χ2n) is 3.14. The van der Waals surface area contributed by atoms with E-state index in [-0.39, 0.29) is 0 Å². The summed E-state index contributed by atoms with van der Waals surface area (Å²) in [5.41, 5.74) is 0.912. The van der Waals surface area contributed by atoms with Gasteiger partial charge in [0.25, 0.3) is 0 Å². The van der Waals surface area contributed by atoms with Crippen molar-refractivity contribution in [3.05, 3.63) is 34.9 Å². The van der Waals surface area contributed by atoms with Crippen LogP contribution >= 0.6 is 11.6 Å². The van der Waals surface area contributed by atoms with Crippen LogP contribution in [0.5, 0.6) is 0 Å². The third kappa shape index (κ3) is 4.46. The maximum absolute atomic E-state index is 11.6. The Morgan fingerprint density at radius 3 is 2.80 bits per heavy atom. The lowest BCUT2D eigenvalue weighted by Crippen LogP contribution is -2.01. The molecule has 1 rings (SSSR count). The fourth-order valence-corrected chi connectivity index (χ4v) is 2.66. The highest BCUT2D eigenvalue weighted by Gasteiger charge is 2.04. The third-order valence-corrected chi connectivity index (χ3v) is 3.68. The van der Waals surface area contributed by atoms with Gasteiger partial charge in [-0.3, -0.25) is 4.21 Å². The molecule has 1 aromatic carbocycles. The molecule has 0 amide bonds. The first kappa shape index (κ1) is 12.2. The molecule has 1 unspecified atom stereocenters. The highest BCUT2D eigenvalue weighted by Crippen LogP contribution is 2.16. The summed E-state index contributed by atoms with van der Waals surface area (Å²) in [4.78, 5) is 0. The van der Waals surface area contributed by atoms with Crippen molar-refractivity contribution in [1.82, 2.24) is 0 Å². The molecule has 2 nitrogen and oxygen atoms in total. The van der Waals surface area contributed by atoms with Crippen LogP contribution in [0.1, 0.15) is 18.4 Å². The standard InChI is InChI=1S/C11H12ClNOS/c12-11-6-2-1-5-10(11)9-15(14)8-4-3-7-13/h1-2,5-6H,3-4,8-9H2. The van der Waals surface area contributed by atoms with E-state index in [0.717, 1.165) is 5.56 Å². The van der Waals surface area contributed by atoms with E-state index in [0.29, 0.717) is 29.4 Å². The van der Waals surface area contributed by atoms with Crippen LogP contribution in [0.25, 0.3) is 0 Å². The van der Waals surface area contributed by atoms with Crippen molar-refractivity contribution in [3.63, 3.8) is 0 Å². The number of rotatable bonds is 5. The zero-order valence-corrected chi connectivity index (χ0v) is 9.85. The summed E-state index contributed by atoms with van der Waals surface area (Å²) in [5.74, 6) is 1.05. The van der Waals surface area contributed by atoms with Gasteiger partial charge in [-0.05, 0) is 18.1 Å². The van der Waals surface area contributed by atoms with Gasteiger partial charge in [0.2, 0.25) is 0 Å². The molecule has 0 aliphatic carbocycles. The molecule has 1 aromatic rings. The molecule has 0 fully saturated rings. The highest BCUT2D eigenvalue weighted by molar-refractivity contribution is 7.84. The predicted octanol–water partition coefficient (Wildman–Crippen LogP) is 2.89. The zero-order chi connectivity index (χ0) is 11.1. The SMILES string of the molecule is N#CCCCS(=O)Cc1ccccc1Cl. The van der Waals surface area contributed by atoms with E-state index in [9.17, 15) is 4.21 Å². The Morgan fingerprint density at radius 2 is 2.13 bits per heavy atom. The molecule has 0 saturated heterocycles. The van der Waals surface area contributed by atoms with Gasteiger partial charge in [0.1, 0.15) is 0 Å². The van der Waals surface area contributed by atoms with E-state index in [1.807, 2.05) is 24.3 Å². The topological polar surface area (TPSA) is 40.9 Å². The van der Waals surface area contributed by atoms with Gasteiger partial charge in [-0.1, -0.05) is 29.8 Å². The Hall–Kier alpha value is -0.850. The van der Waals surface area contributed by atoms with E-state index in [4.69, 9.17) is 16.9 Å². The lowest BCUT2D eigenvalue weighted by Gasteiger charge is -2.03. The Labute approximate surface area is 97.3 Å². The smallest absolute Gasteiger partial charge is 0.0622 e. The van der Waals surface area contributed by atoms with Crippen molar-refractivity contribution in [2.75, 3.05) is 5.75 Å². The minimum atomic E-state index is -0.918. The van der Waals surface area contributed by atoms with Gasteiger partial charge in [0.15, 0.2) is 0 Å². The summed E-state index contributed by atoms with van der Waals surface area (Å²) in [6.07, 6.45) is 1.15. The van der Waals surface area contributed by atoms with Crippen molar-refractivity contribution in [1.29, 1.82) is 5.26 Å². The second kappa shape index (κ2) is 6.60. The molecule has 0 aromatic heterocycles. The minimum Gasteiger partial charge on any atom is -0.259 e. The molecule has 0 saturated carbocycles. The van der Waals surface area contributed by atoms with Crippen molar-refractivity contribution >= 4 is 22.4 Å². The van der Waals surface area contributed by atoms with Gasteiger partial charge < -0.3 is 0 Å². The Morgan fingerprint density at radius 1 is 1.40 bits per heavy atom. The monoisotopic (exact) mass is 241 g/mol. The minimum absolute atomic E-state index is 0.467. The van der Waals surface area contributed by atoms with Gasteiger partial charge in [-0.25, -0.2) is 0 Å². The number of hydrogen-bond donors (Lipinski definition) is 0. The summed E-state index contributed by atoms with van der Waals surface area (Å²) in [6, 6.07) is 9.45. The average Bonchev–Trinajstić information content (AvgIpc) is 2.22. The summed E-state index contributed by atoms with van der Waals surface area (Å²) in [5, 5.41) is 9.00. The Kier molecular flexibility index (Phi) is 5.38. The third-order valence-electron chi connectivity index (χ3n) is 1.93. The summed E-state index contributed by atoms with van der Waals surface area (Å²) < 4.78 is 11.6. The summed E-state index contributed by atoms with van der Waals surface area (Å²) in [6.45, 7) is 0. The lowest BCUT2D eigenvalue weighted by atomic mass is 10.2. The Balaban J connectivity index is 2.45. The van der Waals surface area contributed by atoms with Crippen LogP contribution in [-0.4, -0.2) is 9.96 Å². The van der Waals surface area contributed by atoms with Crippen molar-refractivity contribution in [3.8, 4) is 6.07 Å². The largest absolute Gasteiger partial charge is 0.259 e. The van der Waals surface area contributed by atoms with Crippen molar-refractivity contribution < 1.29 is 4.21 Å². The van der Waals surface area contributed by atoms with Crippen LogP contribution in [0.2, 0.25) is 5.02 Å². The molecule has 0 heterocycles. The van der Waals surface area contributed by atoms with Gasteiger partial charge in [0.05, 0.1) is 6.07 Å². The molecule has 15 heavy (non-hydrogen) atoms. The van der Waals surface area contributed by atoms with E-state index in [2.05, 4.69) is 0 Å². The first-order valence-electron chi connectivity index (χ1n) is 4.69. The van der Waals surface area contributed by atoms with E-state index in [1.54, 1.807) is 6.07 Å². The molecule has 4 heteroatoms. The van der Waals surface area contributed by atoms with E-state index in [1.165, 1.54) is 0 Å². The highest BCUT2D eigenvalue weighted by atomic mass is 35.5. The van der Waals surface area contributed by atoms with Crippen molar-refractivity contribution in [2.24, 2.45) is 0 Å². The summed E-state index contributed by atoms with van der Waals surface area (Å²) >= 11 is 5.94. The van der Waals surface area contributed by atoms with Crippen LogP contribution in [-0.2, 0) is 16.6 Å². The first-order chi connectivity index (χ1) is 7.24. The molecule has 0 spiro atoms. The number of nitriles is 1. The van der Waals surface area contributed by atoms with Gasteiger partial charge in [-0.2, -0.15) is 5.26 Å². The predicted molar refractivity (Wildman–Crippen MR) is 63.0 cm³/mol. The van der Waals surface area contributed by atoms with Crippen LogP contribution in [0.4, 0.5) is 0 Å². The average molecular weight is 242 g/mol. The van der Waals surface area contributed by atoms with Crippen LogP contribution in [0.15, 0.2) is 24.3 Å². The van der Waals surface area contributed by atoms with Crippen LogP contribution < -0.4 is 0 Å². The molecule has 0 aliphatic rings. The van der Waals surface area contributed by atoms with Gasteiger partial charge >= 0.3 is 0 Å². The fraction of sp³-hybridized carbons (Fsp3) is 0.364.